The zero-order valence-electron chi connectivity index (χ0n) is 18.2. The van der Waals surface area contributed by atoms with Crippen molar-refractivity contribution in [2.45, 2.75) is 57.7 Å². The van der Waals surface area contributed by atoms with Crippen molar-refractivity contribution in [3.63, 3.8) is 0 Å². The van der Waals surface area contributed by atoms with E-state index in [1.54, 1.807) is 6.92 Å². The van der Waals surface area contributed by atoms with Gasteiger partial charge in [0.25, 0.3) is 5.56 Å². The number of piperidine rings is 1. The van der Waals surface area contributed by atoms with Gasteiger partial charge in [-0.2, -0.15) is 0 Å². The molecule has 1 aromatic heterocycles. The van der Waals surface area contributed by atoms with Gasteiger partial charge in [-0.05, 0) is 44.6 Å². The quantitative estimate of drug-likeness (QED) is 0.723. The molecule has 1 aliphatic carbocycles. The van der Waals surface area contributed by atoms with E-state index in [0.29, 0.717) is 55.1 Å². The molecule has 1 aliphatic heterocycles. The van der Waals surface area contributed by atoms with E-state index in [-0.39, 0.29) is 24.0 Å². The Balaban J connectivity index is 1.51. The molecule has 168 valence electrons. The highest BCUT2D eigenvalue weighted by molar-refractivity contribution is 5.83. The molecular formula is C24H28N4O4. The molecule has 2 amide bonds. The van der Waals surface area contributed by atoms with Crippen LogP contribution in [0, 0.1) is 6.92 Å². The summed E-state index contributed by atoms with van der Waals surface area (Å²) in [5.74, 6) is -0.0181. The summed E-state index contributed by atoms with van der Waals surface area (Å²) in [4.78, 5) is 43.2. The lowest BCUT2D eigenvalue weighted by Crippen LogP contribution is -2.45. The number of allylic oxidation sites excluding steroid dienone is 1. The lowest BCUT2D eigenvalue weighted by atomic mass is 9.91. The number of nitrogens with one attached hydrogen (secondary N) is 2. The van der Waals surface area contributed by atoms with Crippen molar-refractivity contribution < 1.29 is 14.3 Å². The predicted molar refractivity (Wildman–Crippen MR) is 119 cm³/mol. The number of hydrogen-bond acceptors (Lipinski definition) is 5. The van der Waals surface area contributed by atoms with Gasteiger partial charge in [-0.1, -0.05) is 36.9 Å². The molecule has 2 aromatic rings. The summed E-state index contributed by atoms with van der Waals surface area (Å²) in [6, 6.07) is 8.55. The van der Waals surface area contributed by atoms with Gasteiger partial charge in [0, 0.05) is 5.70 Å². The van der Waals surface area contributed by atoms with E-state index in [4.69, 9.17) is 4.74 Å². The standard InChI is InChI=1S/C24H28N4O4/c1-15-11-12-20(23(30)25-15)28-16(2)26-18-9-6-10-19(22(18)24(28)31)27-21(29)14-32-13-17-7-4-3-5-8-17/h3-5,7-8,19-20H,1,6,9-14H2,2H3,(H,25,30)(H,27,29). The van der Waals surface area contributed by atoms with Crippen LogP contribution in [0.3, 0.4) is 0 Å². The van der Waals surface area contributed by atoms with Gasteiger partial charge in [0.05, 0.1) is 23.9 Å². The SMILES string of the molecule is C=C1CCC(n2c(C)nc3c(c2=O)C(NC(=O)COCc2ccccc2)CCC3)C(=O)N1. The minimum atomic E-state index is -0.627. The Morgan fingerprint density at radius 3 is 2.78 bits per heavy atom. The van der Waals surface area contributed by atoms with Crippen LogP contribution in [0.15, 0.2) is 47.4 Å². The molecule has 1 fully saturated rings. The van der Waals surface area contributed by atoms with Crippen LogP contribution < -0.4 is 16.2 Å². The van der Waals surface area contributed by atoms with Crippen LogP contribution in [0.5, 0.6) is 0 Å². The fourth-order valence-corrected chi connectivity index (χ4v) is 4.46. The van der Waals surface area contributed by atoms with Crippen LogP contribution in [0.2, 0.25) is 0 Å². The first-order valence-corrected chi connectivity index (χ1v) is 11.0. The van der Waals surface area contributed by atoms with Crippen molar-refractivity contribution in [1.29, 1.82) is 0 Å². The Hall–Kier alpha value is -3.26. The highest BCUT2D eigenvalue weighted by Gasteiger charge is 2.33. The molecule has 2 unspecified atom stereocenters. The highest BCUT2D eigenvalue weighted by Crippen LogP contribution is 2.28. The molecule has 2 heterocycles. The van der Waals surface area contributed by atoms with Crippen molar-refractivity contribution in [2.24, 2.45) is 0 Å². The second kappa shape index (κ2) is 9.48. The number of hydrogen-bond donors (Lipinski definition) is 2. The average Bonchev–Trinajstić information content (AvgIpc) is 2.76. The Bertz CT molecular complexity index is 1090. The first kappa shape index (κ1) is 22.0. The van der Waals surface area contributed by atoms with E-state index >= 15 is 0 Å². The molecule has 1 aromatic carbocycles. The summed E-state index contributed by atoms with van der Waals surface area (Å²) in [5, 5.41) is 5.67. The molecule has 2 N–H and O–H groups in total. The summed E-state index contributed by atoms with van der Waals surface area (Å²) < 4.78 is 7.00. The fraction of sp³-hybridized carbons (Fsp3) is 0.417. The van der Waals surface area contributed by atoms with Crippen LogP contribution in [0.4, 0.5) is 0 Å². The van der Waals surface area contributed by atoms with E-state index in [9.17, 15) is 14.4 Å². The Kier molecular flexibility index (Phi) is 6.50. The van der Waals surface area contributed by atoms with Gasteiger partial charge in [-0.3, -0.25) is 19.0 Å². The fourth-order valence-electron chi connectivity index (χ4n) is 4.46. The van der Waals surface area contributed by atoms with E-state index < -0.39 is 12.1 Å². The van der Waals surface area contributed by atoms with E-state index in [2.05, 4.69) is 22.2 Å². The second-order valence-electron chi connectivity index (χ2n) is 8.33. The summed E-state index contributed by atoms with van der Waals surface area (Å²) in [6.07, 6.45) is 3.25. The lowest BCUT2D eigenvalue weighted by Gasteiger charge is -2.30. The number of aromatic nitrogens is 2. The number of amides is 2. The normalized spacial score (nSPS) is 20.4. The third-order valence-electron chi connectivity index (χ3n) is 5.97. The van der Waals surface area contributed by atoms with Crippen molar-refractivity contribution >= 4 is 11.8 Å². The molecule has 2 aliphatic rings. The minimum absolute atomic E-state index is 0.0959. The number of ether oxygens (including phenoxy) is 1. The maximum atomic E-state index is 13.5. The van der Waals surface area contributed by atoms with Crippen LogP contribution in [0.25, 0.3) is 0 Å². The zero-order chi connectivity index (χ0) is 22.7. The van der Waals surface area contributed by atoms with Crippen LogP contribution in [-0.4, -0.2) is 28.0 Å². The molecule has 0 bridgehead atoms. The monoisotopic (exact) mass is 436 g/mol. The number of aryl methyl sites for hydroxylation is 2. The highest BCUT2D eigenvalue weighted by atomic mass is 16.5. The number of fused-ring (bicyclic) bond motifs is 1. The summed E-state index contributed by atoms with van der Waals surface area (Å²) in [6.45, 7) is 5.79. The maximum absolute atomic E-state index is 13.5. The summed E-state index contributed by atoms with van der Waals surface area (Å²) in [7, 11) is 0. The lowest BCUT2D eigenvalue weighted by molar-refractivity contribution is -0.127. The molecule has 8 heteroatoms. The average molecular weight is 437 g/mol. The van der Waals surface area contributed by atoms with E-state index in [0.717, 1.165) is 12.0 Å². The van der Waals surface area contributed by atoms with Gasteiger partial charge in [-0.25, -0.2) is 4.98 Å². The number of benzene rings is 1. The largest absolute Gasteiger partial charge is 0.367 e. The first-order chi connectivity index (χ1) is 15.4. The van der Waals surface area contributed by atoms with Gasteiger partial charge >= 0.3 is 0 Å². The van der Waals surface area contributed by atoms with Gasteiger partial charge in [-0.15, -0.1) is 0 Å². The van der Waals surface area contributed by atoms with Gasteiger partial charge in [0.2, 0.25) is 11.8 Å². The van der Waals surface area contributed by atoms with Gasteiger partial charge < -0.3 is 15.4 Å². The molecule has 0 radical (unpaired) electrons. The smallest absolute Gasteiger partial charge is 0.259 e. The number of carbonyl (C=O) groups is 2. The molecule has 4 rings (SSSR count). The van der Waals surface area contributed by atoms with Crippen LogP contribution >= 0.6 is 0 Å². The van der Waals surface area contributed by atoms with Gasteiger partial charge in [0.15, 0.2) is 0 Å². The predicted octanol–water partition coefficient (Wildman–Crippen LogP) is 2.23. The second-order valence-corrected chi connectivity index (χ2v) is 8.33. The third kappa shape index (κ3) is 4.65. The number of rotatable bonds is 6. The number of nitrogens with zero attached hydrogens (tertiary/aromatic N) is 2. The third-order valence-corrected chi connectivity index (χ3v) is 5.97. The van der Waals surface area contributed by atoms with Crippen molar-refractivity contribution in [1.82, 2.24) is 20.2 Å². The Morgan fingerprint density at radius 2 is 2.03 bits per heavy atom. The summed E-state index contributed by atoms with van der Waals surface area (Å²) >= 11 is 0. The zero-order valence-corrected chi connectivity index (χ0v) is 18.2. The molecule has 0 saturated carbocycles. The van der Waals surface area contributed by atoms with Crippen molar-refractivity contribution in [2.75, 3.05) is 6.61 Å². The first-order valence-electron chi connectivity index (χ1n) is 11.0. The topological polar surface area (TPSA) is 102 Å². The number of carbonyl (C=O) groups excluding carboxylic acids is 2. The molecule has 0 spiro atoms. The van der Waals surface area contributed by atoms with E-state index in [1.165, 1.54) is 4.57 Å². The molecule has 8 nitrogen and oxygen atoms in total. The van der Waals surface area contributed by atoms with Crippen molar-refractivity contribution in [3.8, 4) is 0 Å². The molecule has 32 heavy (non-hydrogen) atoms. The molecular weight excluding hydrogens is 408 g/mol. The van der Waals surface area contributed by atoms with Crippen molar-refractivity contribution in [3.05, 3.63) is 75.6 Å². The Morgan fingerprint density at radius 1 is 1.25 bits per heavy atom. The Labute approximate surface area is 186 Å². The van der Waals surface area contributed by atoms with Crippen LogP contribution in [0.1, 0.15) is 60.4 Å². The summed E-state index contributed by atoms with van der Waals surface area (Å²) in [5.41, 5.74) is 2.57. The maximum Gasteiger partial charge on any atom is 0.259 e. The molecule has 1 saturated heterocycles. The minimum Gasteiger partial charge on any atom is -0.367 e. The van der Waals surface area contributed by atoms with Gasteiger partial charge in [0.1, 0.15) is 18.5 Å². The van der Waals surface area contributed by atoms with E-state index in [1.807, 2.05) is 30.3 Å². The van der Waals surface area contributed by atoms with Crippen LogP contribution in [-0.2, 0) is 27.4 Å². The molecule has 2 atom stereocenters.